The second kappa shape index (κ2) is 5.28. The van der Waals surface area contributed by atoms with Crippen molar-refractivity contribution in [1.82, 2.24) is 9.78 Å². The van der Waals surface area contributed by atoms with Crippen molar-refractivity contribution in [3.63, 3.8) is 0 Å². The molecule has 2 aromatic rings. The van der Waals surface area contributed by atoms with Crippen molar-refractivity contribution in [2.75, 3.05) is 17.2 Å². The van der Waals surface area contributed by atoms with E-state index in [0.717, 1.165) is 11.3 Å². The van der Waals surface area contributed by atoms with Gasteiger partial charge in [-0.05, 0) is 11.6 Å². The lowest BCUT2D eigenvalue weighted by molar-refractivity contribution is -0.119. The summed E-state index contributed by atoms with van der Waals surface area (Å²) < 4.78 is 1.39. The number of carbonyl (C=O) groups excluding carboxylic acids is 2. The highest BCUT2D eigenvalue weighted by Gasteiger charge is 2.28. The number of hydrogen-bond acceptors (Lipinski definition) is 4. The van der Waals surface area contributed by atoms with Gasteiger partial charge in [0.05, 0.1) is 17.8 Å². The summed E-state index contributed by atoms with van der Waals surface area (Å²) >= 11 is 0. The third kappa shape index (κ3) is 2.71. The average Bonchev–Trinajstić information content (AvgIpc) is 3.04. The molecule has 7 heteroatoms. The second-order valence-electron chi connectivity index (χ2n) is 4.90. The number of nitrogens with one attached hydrogen (secondary N) is 2. The van der Waals surface area contributed by atoms with Crippen LogP contribution in [0.25, 0.3) is 0 Å². The average molecular weight is 285 g/mol. The van der Waals surface area contributed by atoms with Gasteiger partial charge in [0.25, 0.3) is 0 Å². The van der Waals surface area contributed by atoms with Crippen LogP contribution in [-0.2, 0) is 16.1 Å². The normalized spacial score (nSPS) is 16.1. The number of benzene rings is 1. The van der Waals surface area contributed by atoms with Crippen molar-refractivity contribution in [3.8, 4) is 0 Å². The lowest BCUT2D eigenvalue weighted by atomic mass is 10.0. The van der Waals surface area contributed by atoms with Crippen LogP contribution in [0, 0.1) is 0 Å². The zero-order valence-electron chi connectivity index (χ0n) is 11.2. The fourth-order valence-corrected chi connectivity index (χ4v) is 2.42. The standard InChI is InChI=1S/C14H15N5O2/c15-13(20)8-19-7-9(5-17-19)18-14(21)11-6-16-12-4-2-1-3-10(11)12/h1-5,7,11,16H,6,8H2,(H2,15,20)(H,18,21). The highest BCUT2D eigenvalue weighted by molar-refractivity contribution is 5.98. The van der Waals surface area contributed by atoms with E-state index in [1.54, 1.807) is 6.20 Å². The first-order valence-electron chi connectivity index (χ1n) is 6.58. The Hall–Kier alpha value is -2.83. The minimum Gasteiger partial charge on any atom is -0.384 e. The largest absolute Gasteiger partial charge is 0.384 e. The molecule has 0 aliphatic carbocycles. The van der Waals surface area contributed by atoms with Gasteiger partial charge in [-0.25, -0.2) is 0 Å². The SMILES string of the molecule is NC(=O)Cn1cc(NC(=O)C2CNc3ccccc32)cn1. The van der Waals surface area contributed by atoms with Crippen molar-refractivity contribution < 1.29 is 9.59 Å². The molecule has 3 rings (SSSR count). The Morgan fingerprint density at radius 1 is 1.43 bits per heavy atom. The van der Waals surface area contributed by atoms with Crippen LogP contribution < -0.4 is 16.4 Å². The fraction of sp³-hybridized carbons (Fsp3) is 0.214. The molecular formula is C14H15N5O2. The summed E-state index contributed by atoms with van der Waals surface area (Å²) in [6.45, 7) is 0.560. The molecular weight excluding hydrogens is 270 g/mol. The number of carbonyl (C=O) groups is 2. The number of nitrogens with zero attached hydrogens (tertiary/aromatic N) is 2. The highest BCUT2D eigenvalue weighted by Crippen LogP contribution is 2.31. The van der Waals surface area contributed by atoms with Crippen molar-refractivity contribution in [2.24, 2.45) is 5.73 Å². The van der Waals surface area contributed by atoms with Crippen LogP contribution in [0.4, 0.5) is 11.4 Å². The molecule has 1 unspecified atom stereocenters. The molecule has 0 bridgehead atoms. The van der Waals surface area contributed by atoms with Gasteiger partial charge in [-0.15, -0.1) is 0 Å². The minimum absolute atomic E-state index is 0.0102. The van der Waals surface area contributed by atoms with E-state index < -0.39 is 5.91 Å². The third-order valence-electron chi connectivity index (χ3n) is 3.37. The Morgan fingerprint density at radius 3 is 3.05 bits per heavy atom. The molecule has 1 aliphatic heterocycles. The van der Waals surface area contributed by atoms with Crippen LogP contribution in [-0.4, -0.2) is 28.1 Å². The molecule has 0 saturated heterocycles. The highest BCUT2D eigenvalue weighted by atomic mass is 16.2. The monoisotopic (exact) mass is 285 g/mol. The quantitative estimate of drug-likeness (QED) is 0.762. The van der Waals surface area contributed by atoms with E-state index in [1.807, 2.05) is 24.3 Å². The van der Waals surface area contributed by atoms with Crippen molar-refractivity contribution in [2.45, 2.75) is 12.5 Å². The lowest BCUT2D eigenvalue weighted by Crippen LogP contribution is -2.22. The Balaban J connectivity index is 1.70. The molecule has 2 heterocycles. The molecule has 0 saturated carbocycles. The van der Waals surface area contributed by atoms with E-state index in [9.17, 15) is 9.59 Å². The van der Waals surface area contributed by atoms with Gasteiger partial charge in [0, 0.05) is 18.4 Å². The Kier molecular flexibility index (Phi) is 3.31. The molecule has 1 aromatic heterocycles. The summed E-state index contributed by atoms with van der Waals surface area (Å²) in [6.07, 6.45) is 3.08. The molecule has 2 amide bonds. The summed E-state index contributed by atoms with van der Waals surface area (Å²) in [5, 5.41) is 9.98. The maximum absolute atomic E-state index is 12.3. The Morgan fingerprint density at radius 2 is 2.24 bits per heavy atom. The van der Waals surface area contributed by atoms with Gasteiger partial charge in [0.15, 0.2) is 0 Å². The van der Waals surface area contributed by atoms with Gasteiger partial charge in [-0.2, -0.15) is 5.10 Å². The van der Waals surface area contributed by atoms with Crippen LogP contribution in [0.1, 0.15) is 11.5 Å². The first-order chi connectivity index (χ1) is 10.1. The summed E-state index contributed by atoms with van der Waals surface area (Å²) in [4.78, 5) is 23.1. The second-order valence-corrected chi connectivity index (χ2v) is 4.90. The molecule has 108 valence electrons. The van der Waals surface area contributed by atoms with Gasteiger partial charge >= 0.3 is 0 Å². The van der Waals surface area contributed by atoms with Crippen molar-refractivity contribution >= 4 is 23.2 Å². The van der Waals surface area contributed by atoms with Crippen LogP contribution in [0.5, 0.6) is 0 Å². The molecule has 4 N–H and O–H groups in total. The lowest BCUT2D eigenvalue weighted by Gasteiger charge is -2.09. The van der Waals surface area contributed by atoms with E-state index >= 15 is 0 Å². The molecule has 21 heavy (non-hydrogen) atoms. The van der Waals surface area contributed by atoms with E-state index in [2.05, 4.69) is 15.7 Å². The van der Waals surface area contributed by atoms with E-state index in [-0.39, 0.29) is 18.4 Å². The van der Waals surface area contributed by atoms with E-state index in [0.29, 0.717) is 12.2 Å². The maximum atomic E-state index is 12.3. The Labute approximate surface area is 121 Å². The van der Waals surface area contributed by atoms with Crippen LogP contribution in [0.2, 0.25) is 0 Å². The number of aromatic nitrogens is 2. The summed E-state index contributed by atoms with van der Waals surface area (Å²) in [6, 6.07) is 7.74. The fourth-order valence-electron chi connectivity index (χ4n) is 2.42. The number of nitrogens with two attached hydrogens (primary N) is 1. The molecule has 0 fully saturated rings. The number of fused-ring (bicyclic) bond motifs is 1. The summed E-state index contributed by atoms with van der Waals surface area (Å²) in [7, 11) is 0. The third-order valence-corrected chi connectivity index (χ3v) is 3.37. The number of rotatable bonds is 4. The first kappa shape index (κ1) is 13.2. The molecule has 1 atom stereocenters. The predicted molar refractivity (Wildman–Crippen MR) is 77.7 cm³/mol. The molecule has 0 spiro atoms. The Bertz CT molecular complexity index is 694. The van der Waals surface area contributed by atoms with Crippen LogP contribution >= 0.6 is 0 Å². The number of anilines is 2. The zero-order chi connectivity index (χ0) is 14.8. The summed E-state index contributed by atoms with van der Waals surface area (Å²) in [5.41, 5.74) is 7.61. The molecule has 1 aliphatic rings. The van der Waals surface area contributed by atoms with E-state index in [4.69, 9.17) is 5.73 Å². The van der Waals surface area contributed by atoms with Crippen molar-refractivity contribution in [3.05, 3.63) is 42.2 Å². The number of primary amides is 1. The van der Waals surface area contributed by atoms with E-state index in [1.165, 1.54) is 10.9 Å². The van der Waals surface area contributed by atoms with Crippen LogP contribution in [0.3, 0.4) is 0 Å². The molecule has 7 nitrogen and oxygen atoms in total. The topological polar surface area (TPSA) is 102 Å². The smallest absolute Gasteiger partial charge is 0.239 e. The maximum Gasteiger partial charge on any atom is 0.239 e. The zero-order valence-corrected chi connectivity index (χ0v) is 11.2. The summed E-state index contributed by atoms with van der Waals surface area (Å²) in [5.74, 6) is -0.823. The van der Waals surface area contributed by atoms with Gasteiger partial charge < -0.3 is 16.4 Å². The van der Waals surface area contributed by atoms with Gasteiger partial charge in [0.1, 0.15) is 6.54 Å². The molecule has 1 aromatic carbocycles. The van der Waals surface area contributed by atoms with Gasteiger partial charge in [-0.3, -0.25) is 14.3 Å². The number of hydrogen-bond donors (Lipinski definition) is 3. The minimum atomic E-state index is -0.482. The van der Waals surface area contributed by atoms with Crippen LogP contribution in [0.15, 0.2) is 36.7 Å². The number of amides is 2. The predicted octanol–water partition coefficient (Wildman–Crippen LogP) is 0.516. The van der Waals surface area contributed by atoms with Crippen molar-refractivity contribution in [1.29, 1.82) is 0 Å². The first-order valence-corrected chi connectivity index (χ1v) is 6.58. The van der Waals surface area contributed by atoms with Gasteiger partial charge in [-0.1, -0.05) is 18.2 Å². The van der Waals surface area contributed by atoms with Gasteiger partial charge in [0.2, 0.25) is 11.8 Å². The molecule has 0 radical (unpaired) electrons. The number of para-hydroxylation sites is 1.